The number of rotatable bonds is 5. The van der Waals surface area contributed by atoms with Crippen molar-refractivity contribution in [2.75, 3.05) is 11.9 Å². The Bertz CT molecular complexity index is 671. The Kier molecular flexibility index (Phi) is 4.27. The van der Waals surface area contributed by atoms with Crippen LogP contribution in [0.3, 0.4) is 0 Å². The van der Waals surface area contributed by atoms with Crippen LogP contribution in [0.1, 0.15) is 15.9 Å². The summed E-state index contributed by atoms with van der Waals surface area (Å²) in [5.41, 5.74) is 1.38. The second-order valence-electron chi connectivity index (χ2n) is 4.60. The highest BCUT2D eigenvalue weighted by atomic mass is 19.1. The Hall–Kier alpha value is -2.76. The van der Waals surface area contributed by atoms with Crippen molar-refractivity contribution in [2.45, 2.75) is 6.54 Å². The predicted molar refractivity (Wildman–Crippen MR) is 77.0 cm³/mol. The molecule has 6 heteroatoms. The molecule has 2 rings (SSSR count). The Morgan fingerprint density at radius 2 is 1.90 bits per heavy atom. The lowest BCUT2D eigenvalue weighted by molar-refractivity contribution is -0.385. The van der Waals surface area contributed by atoms with E-state index in [1.807, 2.05) is 4.90 Å². The first-order chi connectivity index (χ1) is 10.0. The van der Waals surface area contributed by atoms with Crippen LogP contribution in [0.2, 0.25) is 0 Å². The quantitative estimate of drug-likeness (QED) is 0.481. The van der Waals surface area contributed by atoms with Crippen LogP contribution in [0.25, 0.3) is 0 Å². The van der Waals surface area contributed by atoms with Crippen LogP contribution in [0, 0.1) is 15.9 Å². The van der Waals surface area contributed by atoms with Crippen LogP contribution < -0.4 is 4.90 Å². The van der Waals surface area contributed by atoms with Gasteiger partial charge in [0.25, 0.3) is 5.69 Å². The van der Waals surface area contributed by atoms with E-state index in [2.05, 4.69) is 0 Å². The van der Waals surface area contributed by atoms with Gasteiger partial charge in [-0.05, 0) is 29.8 Å². The molecule has 5 nitrogen and oxygen atoms in total. The maximum Gasteiger partial charge on any atom is 0.280 e. The van der Waals surface area contributed by atoms with Gasteiger partial charge in [-0.15, -0.1) is 0 Å². The minimum atomic E-state index is -0.590. The second-order valence-corrected chi connectivity index (χ2v) is 4.60. The van der Waals surface area contributed by atoms with Crippen molar-refractivity contribution in [2.24, 2.45) is 0 Å². The van der Waals surface area contributed by atoms with Gasteiger partial charge in [-0.2, -0.15) is 0 Å². The summed E-state index contributed by atoms with van der Waals surface area (Å²) < 4.78 is 12.8. The number of anilines is 1. The zero-order valence-electron chi connectivity index (χ0n) is 11.3. The van der Waals surface area contributed by atoms with Gasteiger partial charge in [-0.3, -0.25) is 14.9 Å². The normalized spacial score (nSPS) is 10.2. The first-order valence-electron chi connectivity index (χ1n) is 6.20. The van der Waals surface area contributed by atoms with Crippen LogP contribution in [-0.4, -0.2) is 18.3 Å². The lowest BCUT2D eigenvalue weighted by atomic mass is 10.1. The maximum absolute atomic E-state index is 12.8. The molecule has 0 amide bonds. The molecule has 0 saturated heterocycles. The van der Waals surface area contributed by atoms with Gasteiger partial charge in [0, 0.05) is 25.3 Å². The summed E-state index contributed by atoms with van der Waals surface area (Å²) in [5, 5.41) is 10.8. The fourth-order valence-corrected chi connectivity index (χ4v) is 1.99. The van der Waals surface area contributed by atoms with Crippen LogP contribution in [0.15, 0.2) is 42.5 Å². The van der Waals surface area contributed by atoms with Gasteiger partial charge in [0.15, 0.2) is 6.29 Å². The minimum Gasteiger partial charge on any atom is -0.370 e. The van der Waals surface area contributed by atoms with Crippen molar-refractivity contribution in [1.82, 2.24) is 0 Å². The molecule has 0 fully saturated rings. The largest absolute Gasteiger partial charge is 0.370 e. The lowest BCUT2D eigenvalue weighted by Crippen LogP contribution is -2.16. The van der Waals surface area contributed by atoms with Gasteiger partial charge in [0.2, 0.25) is 0 Å². The van der Waals surface area contributed by atoms with E-state index < -0.39 is 4.92 Å². The van der Waals surface area contributed by atoms with E-state index in [1.165, 1.54) is 24.3 Å². The summed E-state index contributed by atoms with van der Waals surface area (Å²) in [5.74, 6) is -0.306. The van der Waals surface area contributed by atoms with Crippen LogP contribution in [0.5, 0.6) is 0 Å². The molecule has 0 N–H and O–H groups in total. The highest BCUT2D eigenvalue weighted by Crippen LogP contribution is 2.24. The van der Waals surface area contributed by atoms with E-state index in [9.17, 15) is 19.3 Å². The Labute approximate surface area is 120 Å². The highest BCUT2D eigenvalue weighted by Gasteiger charge is 2.14. The average Bonchev–Trinajstić information content (AvgIpc) is 2.48. The van der Waals surface area contributed by atoms with Crippen LogP contribution in [-0.2, 0) is 6.54 Å². The van der Waals surface area contributed by atoms with E-state index >= 15 is 0 Å². The lowest BCUT2D eigenvalue weighted by Gasteiger charge is -2.19. The molecule has 0 aliphatic carbocycles. The van der Waals surface area contributed by atoms with Crippen molar-refractivity contribution in [3.05, 3.63) is 69.5 Å². The number of carbonyl (C=O) groups excluding carboxylic acids is 1. The topological polar surface area (TPSA) is 63.4 Å². The number of hydrogen-bond donors (Lipinski definition) is 0. The Balaban J connectivity index is 2.23. The SMILES string of the molecule is CN(Cc1ccc(F)cc1)c1ccc([N+](=O)[O-])c(C=O)c1. The number of nitro groups is 1. The van der Waals surface area contributed by atoms with Gasteiger partial charge in [0.05, 0.1) is 10.5 Å². The number of aldehydes is 1. The Morgan fingerprint density at radius 1 is 1.24 bits per heavy atom. The fraction of sp³-hybridized carbons (Fsp3) is 0.133. The zero-order chi connectivity index (χ0) is 15.4. The number of benzene rings is 2. The van der Waals surface area contributed by atoms with Gasteiger partial charge < -0.3 is 4.90 Å². The van der Waals surface area contributed by atoms with E-state index in [0.29, 0.717) is 18.5 Å². The number of carbonyl (C=O) groups is 1. The van der Waals surface area contributed by atoms with Crippen molar-refractivity contribution >= 4 is 17.7 Å². The summed E-state index contributed by atoms with van der Waals surface area (Å²) in [7, 11) is 1.79. The molecule has 0 aliphatic heterocycles. The monoisotopic (exact) mass is 288 g/mol. The predicted octanol–water partition coefficient (Wildman–Crippen LogP) is 3.18. The van der Waals surface area contributed by atoms with Gasteiger partial charge >= 0.3 is 0 Å². The van der Waals surface area contributed by atoms with Crippen molar-refractivity contribution < 1.29 is 14.1 Å². The molecule has 108 valence electrons. The molecule has 2 aromatic rings. The van der Waals surface area contributed by atoms with Crippen molar-refractivity contribution in [1.29, 1.82) is 0 Å². The summed E-state index contributed by atoms with van der Waals surface area (Å²) >= 11 is 0. The van der Waals surface area contributed by atoms with Gasteiger partial charge in [0.1, 0.15) is 5.82 Å². The molecule has 0 unspecified atom stereocenters. The molecule has 0 aromatic heterocycles. The van der Waals surface area contributed by atoms with Crippen molar-refractivity contribution in [3.63, 3.8) is 0 Å². The first kappa shape index (κ1) is 14.6. The molecule has 0 atom stereocenters. The number of halogens is 1. The summed E-state index contributed by atoms with van der Waals surface area (Å²) in [6, 6.07) is 10.4. The van der Waals surface area contributed by atoms with Crippen LogP contribution in [0.4, 0.5) is 15.8 Å². The van der Waals surface area contributed by atoms with E-state index in [-0.39, 0.29) is 17.1 Å². The van der Waals surface area contributed by atoms with Gasteiger partial charge in [-0.1, -0.05) is 12.1 Å². The summed E-state index contributed by atoms with van der Waals surface area (Å²) in [6.45, 7) is 0.496. The third kappa shape index (κ3) is 3.42. The second kappa shape index (κ2) is 6.13. The molecule has 0 heterocycles. The molecular formula is C15H13FN2O3. The molecule has 0 aliphatic rings. The molecule has 0 radical (unpaired) electrons. The van der Waals surface area contributed by atoms with E-state index in [4.69, 9.17) is 0 Å². The molecule has 21 heavy (non-hydrogen) atoms. The third-order valence-electron chi connectivity index (χ3n) is 3.11. The maximum atomic E-state index is 12.8. The number of nitro benzene ring substituents is 1. The zero-order valence-corrected chi connectivity index (χ0v) is 11.3. The average molecular weight is 288 g/mol. The number of hydrogen-bond acceptors (Lipinski definition) is 4. The standard InChI is InChI=1S/C15H13FN2O3/c1-17(9-11-2-4-13(16)5-3-11)14-6-7-15(18(20)21)12(8-14)10-19/h2-8,10H,9H2,1H3. The Morgan fingerprint density at radius 3 is 2.48 bits per heavy atom. The van der Waals surface area contributed by atoms with E-state index in [0.717, 1.165) is 5.56 Å². The molecule has 2 aromatic carbocycles. The minimum absolute atomic E-state index is 0.0310. The molecule has 0 bridgehead atoms. The highest BCUT2D eigenvalue weighted by molar-refractivity contribution is 5.83. The number of nitrogens with zero attached hydrogens (tertiary/aromatic N) is 2. The molecular weight excluding hydrogens is 275 g/mol. The first-order valence-corrected chi connectivity index (χ1v) is 6.20. The van der Waals surface area contributed by atoms with Gasteiger partial charge in [-0.25, -0.2) is 4.39 Å². The fourth-order valence-electron chi connectivity index (χ4n) is 1.99. The van der Waals surface area contributed by atoms with E-state index in [1.54, 1.807) is 25.2 Å². The summed E-state index contributed by atoms with van der Waals surface area (Å²) in [6.07, 6.45) is 0.466. The molecule has 0 saturated carbocycles. The third-order valence-corrected chi connectivity index (χ3v) is 3.11. The van der Waals surface area contributed by atoms with Crippen molar-refractivity contribution in [3.8, 4) is 0 Å². The molecule has 0 spiro atoms. The van der Waals surface area contributed by atoms with Crippen LogP contribution >= 0.6 is 0 Å². The summed E-state index contributed by atoms with van der Waals surface area (Å²) in [4.78, 5) is 23.0. The smallest absolute Gasteiger partial charge is 0.280 e.